The Labute approximate surface area is 116 Å². The SMILES string of the molecule is N[C@@H](Cc1c[nH]cn1)C(=O)NC1CCC(S(=O)(=O)O)C1. The number of carbonyl (C=O) groups is 1. The summed E-state index contributed by atoms with van der Waals surface area (Å²) in [6.45, 7) is 0. The number of hydrogen-bond donors (Lipinski definition) is 4. The van der Waals surface area contributed by atoms with E-state index in [-0.39, 0.29) is 18.4 Å². The molecule has 0 aliphatic heterocycles. The van der Waals surface area contributed by atoms with E-state index in [9.17, 15) is 13.2 Å². The number of imidazole rings is 1. The molecule has 0 aromatic carbocycles. The average molecular weight is 302 g/mol. The number of nitrogens with two attached hydrogens (primary N) is 1. The maximum absolute atomic E-state index is 11.9. The Balaban J connectivity index is 1.83. The number of aromatic amines is 1. The van der Waals surface area contributed by atoms with Gasteiger partial charge in [0.25, 0.3) is 10.1 Å². The Morgan fingerprint density at radius 3 is 2.90 bits per heavy atom. The summed E-state index contributed by atoms with van der Waals surface area (Å²) in [4.78, 5) is 18.7. The molecule has 1 aliphatic rings. The number of nitrogens with zero attached hydrogens (tertiary/aromatic N) is 1. The topological polar surface area (TPSA) is 138 Å². The normalized spacial score (nSPS) is 24.5. The first-order chi connectivity index (χ1) is 9.36. The van der Waals surface area contributed by atoms with E-state index < -0.39 is 21.4 Å². The van der Waals surface area contributed by atoms with Gasteiger partial charge in [0.1, 0.15) is 0 Å². The molecular weight excluding hydrogens is 284 g/mol. The summed E-state index contributed by atoms with van der Waals surface area (Å²) in [5.41, 5.74) is 6.46. The van der Waals surface area contributed by atoms with E-state index in [0.29, 0.717) is 25.0 Å². The summed E-state index contributed by atoms with van der Waals surface area (Å²) in [5, 5.41) is 1.92. The highest BCUT2D eigenvalue weighted by atomic mass is 32.2. The highest BCUT2D eigenvalue weighted by Crippen LogP contribution is 2.24. The van der Waals surface area contributed by atoms with Crippen molar-refractivity contribution in [2.45, 2.75) is 43.0 Å². The third kappa shape index (κ3) is 3.78. The lowest BCUT2D eigenvalue weighted by Crippen LogP contribution is -2.46. The Morgan fingerprint density at radius 1 is 1.60 bits per heavy atom. The van der Waals surface area contributed by atoms with E-state index in [1.54, 1.807) is 6.20 Å². The zero-order valence-electron chi connectivity index (χ0n) is 10.8. The second kappa shape index (κ2) is 5.90. The van der Waals surface area contributed by atoms with Crippen LogP contribution in [0.4, 0.5) is 0 Å². The molecule has 0 spiro atoms. The third-order valence-corrected chi connectivity index (χ3v) is 4.74. The van der Waals surface area contributed by atoms with Gasteiger partial charge in [-0.05, 0) is 19.3 Å². The molecule has 1 aromatic rings. The fraction of sp³-hybridized carbons (Fsp3) is 0.636. The van der Waals surface area contributed by atoms with Crippen LogP contribution in [0.15, 0.2) is 12.5 Å². The van der Waals surface area contributed by atoms with Crippen LogP contribution >= 0.6 is 0 Å². The fourth-order valence-electron chi connectivity index (χ4n) is 2.37. The summed E-state index contributed by atoms with van der Waals surface area (Å²) in [6, 6.07) is -0.997. The van der Waals surface area contributed by atoms with Crippen LogP contribution in [0.5, 0.6) is 0 Å². The molecule has 1 fully saturated rings. The predicted molar refractivity (Wildman–Crippen MR) is 71.4 cm³/mol. The second-order valence-corrected chi connectivity index (χ2v) is 6.72. The number of amides is 1. The van der Waals surface area contributed by atoms with Crippen molar-refractivity contribution in [3.8, 4) is 0 Å². The molecule has 3 atom stereocenters. The molecule has 1 amide bonds. The van der Waals surface area contributed by atoms with Crippen molar-refractivity contribution >= 4 is 16.0 Å². The molecular formula is C11H18N4O4S. The molecule has 0 radical (unpaired) electrons. The minimum Gasteiger partial charge on any atom is -0.352 e. The maximum Gasteiger partial charge on any atom is 0.267 e. The molecule has 1 saturated carbocycles. The van der Waals surface area contributed by atoms with Crippen molar-refractivity contribution in [3.05, 3.63) is 18.2 Å². The standard InChI is InChI=1S/C11H18N4O4S/c12-10(4-8-5-13-6-14-8)11(16)15-7-1-2-9(3-7)20(17,18)19/h5-7,9-10H,1-4,12H2,(H,13,14)(H,15,16)(H,17,18,19)/t7?,9?,10-/m0/s1. The smallest absolute Gasteiger partial charge is 0.267 e. The van der Waals surface area contributed by atoms with Crippen LogP contribution in [0.2, 0.25) is 0 Å². The second-order valence-electron chi connectivity index (χ2n) is 5.03. The Hall–Kier alpha value is -1.45. The van der Waals surface area contributed by atoms with Crippen molar-refractivity contribution in [1.82, 2.24) is 15.3 Å². The van der Waals surface area contributed by atoms with E-state index >= 15 is 0 Å². The van der Waals surface area contributed by atoms with E-state index in [0.717, 1.165) is 0 Å². The number of hydrogen-bond acceptors (Lipinski definition) is 5. The number of carbonyl (C=O) groups excluding carboxylic acids is 1. The van der Waals surface area contributed by atoms with Gasteiger partial charge in [0.2, 0.25) is 5.91 Å². The predicted octanol–water partition coefficient (Wildman–Crippen LogP) is -0.795. The van der Waals surface area contributed by atoms with E-state index in [4.69, 9.17) is 10.3 Å². The lowest BCUT2D eigenvalue weighted by atomic mass is 10.1. The zero-order valence-corrected chi connectivity index (χ0v) is 11.6. The van der Waals surface area contributed by atoms with Crippen LogP contribution < -0.4 is 11.1 Å². The van der Waals surface area contributed by atoms with E-state index in [2.05, 4.69) is 15.3 Å². The van der Waals surface area contributed by atoms with Gasteiger partial charge < -0.3 is 16.0 Å². The molecule has 8 nitrogen and oxygen atoms in total. The van der Waals surface area contributed by atoms with E-state index in [1.165, 1.54) is 6.33 Å². The van der Waals surface area contributed by atoms with Gasteiger partial charge >= 0.3 is 0 Å². The highest BCUT2D eigenvalue weighted by Gasteiger charge is 2.34. The van der Waals surface area contributed by atoms with Gasteiger partial charge in [0, 0.05) is 18.7 Å². The minimum atomic E-state index is -4.03. The number of rotatable bonds is 5. The van der Waals surface area contributed by atoms with Crippen molar-refractivity contribution in [3.63, 3.8) is 0 Å². The van der Waals surface area contributed by atoms with Gasteiger partial charge in [-0.2, -0.15) is 8.42 Å². The van der Waals surface area contributed by atoms with Gasteiger partial charge in [-0.3, -0.25) is 9.35 Å². The monoisotopic (exact) mass is 302 g/mol. The minimum absolute atomic E-state index is 0.222. The molecule has 1 heterocycles. The lowest BCUT2D eigenvalue weighted by Gasteiger charge is -2.16. The van der Waals surface area contributed by atoms with Gasteiger partial charge in [-0.15, -0.1) is 0 Å². The largest absolute Gasteiger partial charge is 0.352 e. The fourth-order valence-corrected chi connectivity index (χ4v) is 3.28. The van der Waals surface area contributed by atoms with Crippen LogP contribution in [0.3, 0.4) is 0 Å². The van der Waals surface area contributed by atoms with Gasteiger partial charge in [0.05, 0.1) is 23.3 Å². The zero-order chi connectivity index (χ0) is 14.8. The third-order valence-electron chi connectivity index (χ3n) is 3.47. The first kappa shape index (κ1) is 14.9. The van der Waals surface area contributed by atoms with Crippen LogP contribution in [-0.2, 0) is 21.3 Å². The van der Waals surface area contributed by atoms with Crippen molar-refractivity contribution in [2.75, 3.05) is 0 Å². The number of aromatic nitrogens is 2. The van der Waals surface area contributed by atoms with Gasteiger partial charge in [-0.25, -0.2) is 4.98 Å². The van der Waals surface area contributed by atoms with Gasteiger partial charge in [-0.1, -0.05) is 0 Å². The van der Waals surface area contributed by atoms with Crippen molar-refractivity contribution < 1.29 is 17.8 Å². The summed E-state index contributed by atoms with van der Waals surface area (Å²) >= 11 is 0. The summed E-state index contributed by atoms with van der Waals surface area (Å²) in [5.74, 6) is -0.339. The van der Waals surface area contributed by atoms with Crippen LogP contribution in [-0.4, -0.2) is 46.2 Å². The lowest BCUT2D eigenvalue weighted by molar-refractivity contribution is -0.123. The van der Waals surface area contributed by atoms with Crippen LogP contribution in [0.1, 0.15) is 25.0 Å². The van der Waals surface area contributed by atoms with Gasteiger partial charge in [0.15, 0.2) is 0 Å². The Kier molecular flexibility index (Phi) is 4.41. The molecule has 1 aromatic heterocycles. The maximum atomic E-state index is 11.9. The van der Waals surface area contributed by atoms with Crippen molar-refractivity contribution in [2.24, 2.45) is 5.73 Å². The highest BCUT2D eigenvalue weighted by molar-refractivity contribution is 7.86. The summed E-state index contributed by atoms with van der Waals surface area (Å²) in [7, 11) is -4.03. The molecule has 20 heavy (non-hydrogen) atoms. The van der Waals surface area contributed by atoms with E-state index in [1.807, 2.05) is 0 Å². The molecule has 112 valence electrons. The Morgan fingerprint density at radius 2 is 2.35 bits per heavy atom. The molecule has 2 rings (SSSR count). The van der Waals surface area contributed by atoms with Crippen LogP contribution in [0.25, 0.3) is 0 Å². The van der Waals surface area contributed by atoms with Crippen LogP contribution in [0, 0.1) is 0 Å². The Bertz CT molecular complexity index is 557. The molecule has 5 N–H and O–H groups in total. The van der Waals surface area contributed by atoms with Crippen molar-refractivity contribution in [1.29, 1.82) is 0 Å². The first-order valence-electron chi connectivity index (χ1n) is 6.36. The molecule has 0 bridgehead atoms. The average Bonchev–Trinajstić information content (AvgIpc) is 2.98. The quantitative estimate of drug-likeness (QED) is 0.525. The molecule has 0 saturated heterocycles. The summed E-state index contributed by atoms with van der Waals surface area (Å²) in [6.07, 6.45) is 4.57. The first-order valence-corrected chi connectivity index (χ1v) is 7.86. The molecule has 1 aliphatic carbocycles. The number of H-pyrrole nitrogens is 1. The molecule has 9 heteroatoms. The molecule has 2 unspecified atom stereocenters. The summed E-state index contributed by atoms with van der Waals surface area (Å²) < 4.78 is 31.0. The number of nitrogens with one attached hydrogen (secondary N) is 2.